The van der Waals surface area contributed by atoms with Crippen LogP contribution in [0.25, 0.3) is 10.8 Å². The highest BCUT2D eigenvalue weighted by molar-refractivity contribution is 7.43. The summed E-state index contributed by atoms with van der Waals surface area (Å²) in [5.41, 5.74) is 1.33. The first-order chi connectivity index (χ1) is 13.3. The minimum atomic E-state index is -4.89. The summed E-state index contributed by atoms with van der Waals surface area (Å²) in [4.78, 5) is 25.2. The molecule has 158 valence electrons. The molecule has 3 rings (SSSR count). The number of quaternary nitrogens is 1. The number of hydrogen-bond acceptors (Lipinski definition) is 4. The van der Waals surface area contributed by atoms with Gasteiger partial charge in [-0.2, -0.15) is 0 Å². The van der Waals surface area contributed by atoms with Crippen molar-refractivity contribution in [3.63, 3.8) is 0 Å². The fourth-order valence-corrected chi connectivity index (χ4v) is 3.00. The Morgan fingerprint density at radius 2 is 1.52 bits per heavy atom. The SMILES string of the molecule is CN(C)[C@@H](CCOc1cccc2ccccc12)c1ccccc1.O=P([O-])(O)O.[NH4+]. The third-order valence-corrected chi connectivity index (χ3v) is 4.21. The number of ether oxygens (including phenoxy) is 1. The fraction of sp³-hybridized carbons (Fsp3) is 0.238. The Labute approximate surface area is 171 Å². The topological polar surface area (TPSA) is 130 Å². The molecule has 0 aliphatic rings. The second-order valence-electron chi connectivity index (χ2n) is 6.50. The normalized spacial score (nSPS) is 11.9. The van der Waals surface area contributed by atoms with E-state index in [-0.39, 0.29) is 6.15 Å². The van der Waals surface area contributed by atoms with Crippen LogP contribution in [0.5, 0.6) is 5.75 Å². The summed E-state index contributed by atoms with van der Waals surface area (Å²) < 4.78 is 14.9. The van der Waals surface area contributed by atoms with E-state index in [9.17, 15) is 0 Å². The molecule has 0 aromatic heterocycles. The van der Waals surface area contributed by atoms with Crippen LogP contribution in [0.2, 0.25) is 0 Å². The van der Waals surface area contributed by atoms with E-state index in [0.717, 1.165) is 12.2 Å². The number of fused-ring (bicyclic) bond motifs is 1. The molecule has 0 unspecified atom stereocenters. The van der Waals surface area contributed by atoms with Gasteiger partial charge in [-0.15, -0.1) is 0 Å². The molecule has 0 radical (unpaired) electrons. The molecule has 7 nitrogen and oxygen atoms in total. The Bertz CT molecular complexity index is 902. The van der Waals surface area contributed by atoms with Crippen LogP contribution in [-0.4, -0.2) is 35.4 Å². The number of nitrogens with zero attached hydrogens (tertiary/aromatic N) is 1. The van der Waals surface area contributed by atoms with Gasteiger partial charge in [-0.1, -0.05) is 66.7 Å². The molecule has 0 aliphatic heterocycles. The summed E-state index contributed by atoms with van der Waals surface area (Å²) in [6.45, 7) is 0.700. The van der Waals surface area contributed by atoms with Crippen molar-refractivity contribution in [1.29, 1.82) is 0 Å². The van der Waals surface area contributed by atoms with Gasteiger partial charge in [0.25, 0.3) is 7.82 Å². The number of rotatable bonds is 6. The largest absolute Gasteiger partial charge is 0.756 e. The fourth-order valence-electron chi connectivity index (χ4n) is 3.00. The predicted octanol–water partition coefficient (Wildman–Crippen LogP) is 3.73. The summed E-state index contributed by atoms with van der Waals surface area (Å²) in [6, 6.07) is 25.6. The molecule has 1 atom stereocenters. The van der Waals surface area contributed by atoms with Gasteiger partial charge in [0.15, 0.2) is 0 Å². The number of phosphoric acid groups is 1. The first-order valence-electron chi connectivity index (χ1n) is 8.84. The van der Waals surface area contributed by atoms with Crippen LogP contribution in [-0.2, 0) is 4.57 Å². The number of benzene rings is 3. The van der Waals surface area contributed by atoms with Crippen molar-refractivity contribution < 1.29 is 24.0 Å². The van der Waals surface area contributed by atoms with Crippen LogP contribution >= 0.6 is 7.82 Å². The minimum Gasteiger partial charge on any atom is -0.756 e. The Hall–Kier alpha value is -2.25. The second kappa shape index (κ2) is 11.7. The van der Waals surface area contributed by atoms with Crippen molar-refractivity contribution in [3.05, 3.63) is 78.4 Å². The van der Waals surface area contributed by atoms with E-state index in [1.54, 1.807) is 0 Å². The zero-order chi connectivity index (χ0) is 20.6. The van der Waals surface area contributed by atoms with E-state index in [1.165, 1.54) is 16.3 Å². The van der Waals surface area contributed by atoms with Crippen molar-refractivity contribution >= 4 is 18.6 Å². The zero-order valence-electron chi connectivity index (χ0n) is 16.9. The molecule has 0 saturated carbocycles. The van der Waals surface area contributed by atoms with E-state index in [2.05, 4.69) is 91.8 Å². The average Bonchev–Trinajstić information content (AvgIpc) is 2.64. The molecule has 8 heteroatoms. The molecule has 0 bridgehead atoms. The Kier molecular flexibility index (Phi) is 9.98. The van der Waals surface area contributed by atoms with E-state index < -0.39 is 7.82 Å². The van der Waals surface area contributed by atoms with Gasteiger partial charge in [-0.25, -0.2) is 0 Å². The molecule has 0 saturated heterocycles. The van der Waals surface area contributed by atoms with Crippen molar-refractivity contribution in [2.75, 3.05) is 20.7 Å². The summed E-state index contributed by atoms with van der Waals surface area (Å²) in [5, 5.41) is 2.40. The molecule has 0 aliphatic carbocycles. The van der Waals surface area contributed by atoms with Gasteiger partial charge in [0, 0.05) is 17.8 Å². The monoisotopic (exact) mass is 420 g/mol. The first-order valence-corrected chi connectivity index (χ1v) is 10.4. The van der Waals surface area contributed by atoms with Crippen LogP contribution < -0.4 is 15.8 Å². The van der Waals surface area contributed by atoms with Gasteiger partial charge in [-0.3, -0.25) is 4.57 Å². The first kappa shape index (κ1) is 24.8. The van der Waals surface area contributed by atoms with E-state index in [1.807, 2.05) is 0 Å². The molecule has 3 aromatic rings. The summed E-state index contributed by atoms with van der Waals surface area (Å²) in [5.74, 6) is 0.966. The van der Waals surface area contributed by atoms with Crippen LogP contribution in [0.15, 0.2) is 72.8 Å². The molecule has 29 heavy (non-hydrogen) atoms. The molecule has 0 heterocycles. The van der Waals surface area contributed by atoms with Crippen LogP contribution in [0.1, 0.15) is 18.0 Å². The van der Waals surface area contributed by atoms with Crippen molar-refractivity contribution in [2.45, 2.75) is 12.5 Å². The lowest BCUT2D eigenvalue weighted by Crippen LogP contribution is -2.22. The standard InChI is InChI=1S/C21H23NO.H3N.H3O4P/c1-22(2)20(18-10-4-3-5-11-18)15-16-23-21-14-8-12-17-9-6-7-13-19(17)21;;1-5(2,3)4/h3-14,20H,15-16H2,1-2H3;1H3;(H3,1,2,3,4)/t20-;;/m0../s1. The Morgan fingerprint density at radius 1 is 0.966 bits per heavy atom. The van der Waals surface area contributed by atoms with E-state index in [0.29, 0.717) is 12.6 Å². The van der Waals surface area contributed by atoms with E-state index >= 15 is 0 Å². The minimum absolute atomic E-state index is 0. The average molecular weight is 420 g/mol. The smallest absolute Gasteiger partial charge is 0.262 e. The third-order valence-electron chi connectivity index (χ3n) is 4.21. The quantitative estimate of drug-likeness (QED) is 0.521. The maximum atomic E-state index is 8.77. The summed E-state index contributed by atoms with van der Waals surface area (Å²) in [6.07, 6.45) is 0.959. The van der Waals surface area contributed by atoms with Crippen LogP contribution in [0.3, 0.4) is 0 Å². The van der Waals surface area contributed by atoms with Crippen LogP contribution in [0.4, 0.5) is 0 Å². The summed E-state index contributed by atoms with van der Waals surface area (Å²) >= 11 is 0. The van der Waals surface area contributed by atoms with Gasteiger partial charge >= 0.3 is 0 Å². The van der Waals surface area contributed by atoms with Crippen molar-refractivity contribution in [2.24, 2.45) is 0 Å². The second-order valence-corrected chi connectivity index (χ2v) is 7.48. The highest BCUT2D eigenvalue weighted by Crippen LogP contribution is 2.27. The molecule has 6 N–H and O–H groups in total. The van der Waals surface area contributed by atoms with Gasteiger partial charge in [0.2, 0.25) is 0 Å². The lowest BCUT2D eigenvalue weighted by atomic mass is 10.0. The highest BCUT2D eigenvalue weighted by Gasteiger charge is 2.14. The molecule has 0 amide bonds. The van der Waals surface area contributed by atoms with Gasteiger partial charge in [0.05, 0.1) is 6.61 Å². The van der Waals surface area contributed by atoms with Crippen LogP contribution in [0, 0.1) is 0 Å². The van der Waals surface area contributed by atoms with Crippen molar-refractivity contribution in [3.8, 4) is 5.75 Å². The maximum Gasteiger partial charge on any atom is 0.262 e. The van der Waals surface area contributed by atoms with Crippen molar-refractivity contribution in [1.82, 2.24) is 11.1 Å². The van der Waals surface area contributed by atoms with E-state index in [4.69, 9.17) is 24.0 Å². The number of hydrogen-bond donors (Lipinski definition) is 3. The molecule has 0 spiro atoms. The maximum absolute atomic E-state index is 8.77. The Balaban J connectivity index is 0.000000628. The highest BCUT2D eigenvalue weighted by atomic mass is 31.2. The van der Waals surface area contributed by atoms with Gasteiger partial charge in [-0.05, 0) is 31.1 Å². The zero-order valence-corrected chi connectivity index (χ0v) is 17.8. The molecular weight excluding hydrogens is 391 g/mol. The lowest BCUT2D eigenvalue weighted by molar-refractivity contribution is -0.214. The lowest BCUT2D eigenvalue weighted by Gasteiger charge is -2.25. The molecule has 0 fully saturated rings. The third kappa shape index (κ3) is 8.75. The summed E-state index contributed by atoms with van der Waals surface area (Å²) in [7, 11) is -0.648. The molecule has 3 aromatic carbocycles. The Morgan fingerprint density at radius 3 is 2.14 bits per heavy atom. The van der Waals surface area contributed by atoms with Gasteiger partial charge < -0.3 is 30.5 Å². The molecular formula is C21H29N2O5P. The predicted molar refractivity (Wildman–Crippen MR) is 115 cm³/mol. The van der Waals surface area contributed by atoms with Gasteiger partial charge in [0.1, 0.15) is 5.75 Å².